The van der Waals surface area contributed by atoms with Crippen molar-refractivity contribution in [2.75, 3.05) is 0 Å². The number of carbonyl (C=O) groups excluding carboxylic acids is 1. The molecule has 0 fully saturated rings. The normalized spacial score (nSPS) is 13.6. The first-order chi connectivity index (χ1) is 9.14. The molecular weight excluding hydrogens is 274 g/mol. The van der Waals surface area contributed by atoms with Crippen molar-refractivity contribution in [2.24, 2.45) is 11.1 Å². The summed E-state index contributed by atoms with van der Waals surface area (Å²) < 4.78 is 1.80. The molecule has 0 saturated carbocycles. The van der Waals surface area contributed by atoms with Crippen LogP contribution in [0, 0.1) is 12.3 Å². The molecule has 114 valence electrons. The minimum Gasteiger partial charge on any atom is -0.327 e. The monoisotopic (exact) mass is 299 g/mol. The van der Waals surface area contributed by atoms with Crippen LogP contribution in [0.15, 0.2) is 0 Å². The van der Waals surface area contributed by atoms with Crippen LogP contribution in [0.3, 0.4) is 0 Å². The molecule has 0 bridgehead atoms. The number of ketones is 1. The molecule has 0 aliphatic rings. The lowest BCUT2D eigenvalue weighted by molar-refractivity contribution is -0.118. The number of halogens is 1. The predicted molar refractivity (Wildman–Crippen MR) is 83.0 cm³/mol. The van der Waals surface area contributed by atoms with Crippen LogP contribution in [0.4, 0.5) is 0 Å². The van der Waals surface area contributed by atoms with E-state index in [1.54, 1.807) is 4.68 Å². The molecular formula is C15H26ClN3O. The van der Waals surface area contributed by atoms with E-state index in [4.69, 9.17) is 17.3 Å². The van der Waals surface area contributed by atoms with Crippen molar-refractivity contribution >= 4 is 17.4 Å². The maximum absolute atomic E-state index is 12.2. The van der Waals surface area contributed by atoms with Gasteiger partial charge in [0.2, 0.25) is 0 Å². The summed E-state index contributed by atoms with van der Waals surface area (Å²) in [6.07, 6.45) is 1.53. The fraction of sp³-hybridized carbons (Fsp3) is 0.733. The van der Waals surface area contributed by atoms with Gasteiger partial charge in [-0.1, -0.05) is 32.4 Å². The van der Waals surface area contributed by atoms with Gasteiger partial charge in [-0.05, 0) is 25.7 Å². The van der Waals surface area contributed by atoms with Crippen molar-refractivity contribution in [3.05, 3.63) is 16.4 Å². The highest BCUT2D eigenvalue weighted by Crippen LogP contribution is 2.23. The first-order valence-corrected chi connectivity index (χ1v) is 7.51. The van der Waals surface area contributed by atoms with E-state index in [0.29, 0.717) is 24.4 Å². The van der Waals surface area contributed by atoms with Gasteiger partial charge in [0.05, 0.1) is 16.4 Å². The van der Waals surface area contributed by atoms with Crippen LogP contribution in [0.25, 0.3) is 0 Å². The highest BCUT2D eigenvalue weighted by Gasteiger charge is 2.20. The third-order valence-corrected chi connectivity index (χ3v) is 3.67. The molecule has 1 heterocycles. The largest absolute Gasteiger partial charge is 0.327 e. The summed E-state index contributed by atoms with van der Waals surface area (Å²) in [6, 6.07) is -0.0969. The summed E-state index contributed by atoms with van der Waals surface area (Å²) in [5, 5.41) is 4.92. The zero-order valence-electron chi connectivity index (χ0n) is 13.2. The Balaban J connectivity index is 2.67. The van der Waals surface area contributed by atoms with Crippen molar-refractivity contribution in [2.45, 2.75) is 66.5 Å². The highest BCUT2D eigenvalue weighted by molar-refractivity contribution is 6.32. The third-order valence-electron chi connectivity index (χ3n) is 3.18. The molecule has 20 heavy (non-hydrogen) atoms. The van der Waals surface area contributed by atoms with E-state index in [0.717, 1.165) is 17.8 Å². The topological polar surface area (TPSA) is 60.9 Å². The lowest BCUT2D eigenvalue weighted by atomic mass is 9.86. The maximum atomic E-state index is 12.2. The van der Waals surface area contributed by atoms with Crippen molar-refractivity contribution in [3.63, 3.8) is 0 Å². The number of aromatic nitrogens is 2. The van der Waals surface area contributed by atoms with E-state index in [9.17, 15) is 4.79 Å². The Morgan fingerprint density at radius 3 is 2.55 bits per heavy atom. The van der Waals surface area contributed by atoms with E-state index in [1.165, 1.54) is 0 Å². The van der Waals surface area contributed by atoms with Crippen LogP contribution in [0.1, 0.15) is 51.9 Å². The van der Waals surface area contributed by atoms with Crippen LogP contribution >= 0.6 is 11.6 Å². The van der Waals surface area contributed by atoms with Crippen LogP contribution in [0.5, 0.6) is 0 Å². The maximum Gasteiger partial charge on any atom is 0.140 e. The summed E-state index contributed by atoms with van der Waals surface area (Å²) in [7, 11) is 0. The average Bonchev–Trinajstić information content (AvgIpc) is 2.53. The molecule has 5 heteroatoms. The second-order valence-corrected chi connectivity index (χ2v) is 6.98. The number of Topliss-reactive ketones (excluding diaryl/α,β-unsaturated/α-hetero) is 1. The van der Waals surface area contributed by atoms with Crippen LogP contribution < -0.4 is 5.73 Å². The first kappa shape index (κ1) is 17.2. The number of aryl methyl sites for hydroxylation is 2. The lowest BCUT2D eigenvalue weighted by Gasteiger charge is -2.22. The van der Waals surface area contributed by atoms with Crippen molar-refractivity contribution in [3.8, 4) is 0 Å². The first-order valence-electron chi connectivity index (χ1n) is 7.13. The number of hydrogen-bond donors (Lipinski definition) is 1. The van der Waals surface area contributed by atoms with Gasteiger partial charge >= 0.3 is 0 Å². The minimum absolute atomic E-state index is 0.0969. The minimum atomic E-state index is -0.0969. The predicted octanol–water partition coefficient (Wildman–Crippen LogP) is 3.13. The summed E-state index contributed by atoms with van der Waals surface area (Å²) in [5.41, 5.74) is 7.77. The zero-order chi connectivity index (χ0) is 15.5. The summed E-state index contributed by atoms with van der Waals surface area (Å²) in [5.74, 6) is 0.123. The standard InChI is InChI=1S/C15H26ClN3O/c1-6-19-13(14(16)10(2)18-19)8-12(20)7-11(17)9-15(3,4)5/h11H,6-9,17H2,1-5H3. The van der Waals surface area contributed by atoms with Gasteiger partial charge in [-0.15, -0.1) is 0 Å². The van der Waals surface area contributed by atoms with Gasteiger partial charge in [0.25, 0.3) is 0 Å². The number of rotatable bonds is 6. The van der Waals surface area contributed by atoms with Gasteiger partial charge in [0.15, 0.2) is 0 Å². The summed E-state index contributed by atoms with van der Waals surface area (Å²) in [6.45, 7) is 10.9. The molecule has 1 aromatic heterocycles. The van der Waals surface area contributed by atoms with Gasteiger partial charge in [-0.25, -0.2) is 0 Å². The second kappa shape index (κ2) is 6.72. The Kier molecular flexibility index (Phi) is 5.78. The van der Waals surface area contributed by atoms with Gasteiger partial charge in [-0.3, -0.25) is 9.48 Å². The van der Waals surface area contributed by atoms with Gasteiger partial charge in [-0.2, -0.15) is 5.10 Å². The van der Waals surface area contributed by atoms with E-state index < -0.39 is 0 Å². The number of carbonyl (C=O) groups is 1. The van der Waals surface area contributed by atoms with Crippen molar-refractivity contribution in [1.29, 1.82) is 0 Å². The third kappa shape index (κ3) is 4.91. The Hall–Kier alpha value is -0.870. The Labute approximate surface area is 126 Å². The SMILES string of the molecule is CCn1nc(C)c(Cl)c1CC(=O)CC(N)CC(C)(C)C. The van der Waals surface area contributed by atoms with Gasteiger partial charge in [0.1, 0.15) is 5.78 Å². The van der Waals surface area contributed by atoms with E-state index >= 15 is 0 Å². The fourth-order valence-corrected chi connectivity index (χ4v) is 2.65. The van der Waals surface area contributed by atoms with Gasteiger partial charge in [0, 0.05) is 25.4 Å². The van der Waals surface area contributed by atoms with Crippen LogP contribution in [0.2, 0.25) is 5.02 Å². The molecule has 2 N–H and O–H groups in total. The lowest BCUT2D eigenvalue weighted by Crippen LogP contribution is -2.29. The zero-order valence-corrected chi connectivity index (χ0v) is 13.9. The average molecular weight is 300 g/mol. The van der Waals surface area contributed by atoms with Crippen LogP contribution in [-0.4, -0.2) is 21.6 Å². The molecule has 0 aromatic carbocycles. The summed E-state index contributed by atoms with van der Waals surface area (Å²) in [4.78, 5) is 12.2. The molecule has 1 rings (SSSR count). The molecule has 0 amide bonds. The van der Waals surface area contributed by atoms with E-state index in [1.807, 2.05) is 13.8 Å². The van der Waals surface area contributed by atoms with Crippen molar-refractivity contribution < 1.29 is 4.79 Å². The quantitative estimate of drug-likeness (QED) is 0.878. The van der Waals surface area contributed by atoms with Gasteiger partial charge < -0.3 is 5.73 Å². The molecule has 0 radical (unpaired) electrons. The fourth-order valence-electron chi connectivity index (χ4n) is 2.45. The van der Waals surface area contributed by atoms with Crippen LogP contribution in [-0.2, 0) is 17.8 Å². The molecule has 0 saturated heterocycles. The molecule has 1 unspecified atom stereocenters. The Morgan fingerprint density at radius 1 is 1.45 bits per heavy atom. The number of hydrogen-bond acceptors (Lipinski definition) is 3. The summed E-state index contributed by atoms with van der Waals surface area (Å²) >= 11 is 6.21. The molecule has 0 spiro atoms. The molecule has 4 nitrogen and oxygen atoms in total. The highest BCUT2D eigenvalue weighted by atomic mass is 35.5. The molecule has 0 aliphatic carbocycles. The second-order valence-electron chi connectivity index (χ2n) is 6.61. The van der Waals surface area contributed by atoms with E-state index in [2.05, 4.69) is 25.9 Å². The molecule has 1 aromatic rings. The number of nitrogens with zero attached hydrogens (tertiary/aromatic N) is 2. The smallest absolute Gasteiger partial charge is 0.140 e. The number of nitrogens with two attached hydrogens (primary N) is 1. The molecule has 1 atom stereocenters. The van der Waals surface area contributed by atoms with Crippen molar-refractivity contribution in [1.82, 2.24) is 9.78 Å². The van der Waals surface area contributed by atoms with E-state index in [-0.39, 0.29) is 17.2 Å². The Morgan fingerprint density at radius 2 is 2.05 bits per heavy atom. The molecule has 0 aliphatic heterocycles. The Bertz CT molecular complexity index is 474.